The number of hydrogen-bond donors (Lipinski definition) is 0. The van der Waals surface area contributed by atoms with Crippen molar-refractivity contribution in [2.45, 2.75) is 34.7 Å². The fraction of sp³-hybridized carbons (Fsp3) is 0.250. The van der Waals surface area contributed by atoms with E-state index in [9.17, 15) is 0 Å². The van der Waals surface area contributed by atoms with Crippen molar-refractivity contribution in [1.82, 2.24) is 14.9 Å². The number of likely N-dealkylation sites (N-methyl/N-ethyl adjacent to an activating group) is 1. The van der Waals surface area contributed by atoms with Crippen LogP contribution in [-0.2, 0) is 24.5 Å². The summed E-state index contributed by atoms with van der Waals surface area (Å²) in [7, 11) is 2.20. The van der Waals surface area contributed by atoms with Crippen molar-refractivity contribution in [2.24, 2.45) is 0 Å². The molecule has 0 bridgehead atoms. The summed E-state index contributed by atoms with van der Waals surface area (Å²) in [6.45, 7) is 2.12. The Balaban J connectivity index is 1.48. The summed E-state index contributed by atoms with van der Waals surface area (Å²) in [6, 6.07) is 21.2. The topological polar surface area (TPSA) is 29.0 Å². The fourth-order valence-electron chi connectivity index (χ4n) is 3.69. The lowest BCUT2D eigenvalue weighted by Gasteiger charge is -2.22. The summed E-state index contributed by atoms with van der Waals surface area (Å²) in [4.78, 5) is 15.0. The summed E-state index contributed by atoms with van der Waals surface area (Å²) in [5, 5.41) is 3.32. The van der Waals surface area contributed by atoms with Crippen LogP contribution in [-0.4, -0.2) is 28.5 Å². The Labute approximate surface area is 189 Å². The van der Waals surface area contributed by atoms with Gasteiger partial charge in [-0.1, -0.05) is 72.4 Å². The van der Waals surface area contributed by atoms with Gasteiger partial charge in [0, 0.05) is 34.9 Å². The number of thiophene rings is 1. The summed E-state index contributed by atoms with van der Waals surface area (Å²) in [5.41, 5.74) is 4.11. The smallest absolute Gasteiger partial charge is 0.190 e. The number of aromatic nitrogens is 2. The van der Waals surface area contributed by atoms with E-state index in [0.717, 1.165) is 46.0 Å². The molecule has 1 aliphatic heterocycles. The van der Waals surface area contributed by atoms with Gasteiger partial charge in [0.15, 0.2) is 5.16 Å². The van der Waals surface area contributed by atoms with E-state index in [1.165, 1.54) is 27.0 Å². The highest BCUT2D eigenvalue weighted by Gasteiger charge is 2.23. The summed E-state index contributed by atoms with van der Waals surface area (Å²) >= 11 is 5.43. The van der Waals surface area contributed by atoms with Crippen LogP contribution in [0, 0.1) is 0 Å². The molecular weight excluding hydrogens is 426 g/mol. The van der Waals surface area contributed by atoms with Gasteiger partial charge in [-0.3, -0.25) is 0 Å². The van der Waals surface area contributed by atoms with E-state index in [1.54, 1.807) is 11.8 Å². The lowest BCUT2D eigenvalue weighted by atomic mass is 10.1. The monoisotopic (exact) mass is 449 g/mol. The molecule has 3 nitrogen and oxygen atoms in total. The number of benzene rings is 2. The van der Waals surface area contributed by atoms with Crippen molar-refractivity contribution >= 4 is 45.1 Å². The molecule has 30 heavy (non-hydrogen) atoms. The molecule has 0 aliphatic carbocycles. The molecule has 152 valence electrons. The molecule has 0 radical (unpaired) electrons. The molecule has 0 atom stereocenters. The maximum atomic E-state index is 5.04. The Hall–Kier alpha value is -1.86. The van der Waals surface area contributed by atoms with Crippen molar-refractivity contribution < 1.29 is 0 Å². The molecule has 2 aromatic carbocycles. The molecule has 2 aromatic heterocycles. The van der Waals surface area contributed by atoms with Gasteiger partial charge in [-0.15, -0.1) is 23.1 Å². The van der Waals surface area contributed by atoms with Gasteiger partial charge < -0.3 is 4.90 Å². The summed E-state index contributed by atoms with van der Waals surface area (Å²) < 4.78 is 0. The van der Waals surface area contributed by atoms with Gasteiger partial charge in [-0.25, -0.2) is 9.97 Å². The number of fused-ring (bicyclic) bond motifs is 3. The van der Waals surface area contributed by atoms with E-state index in [4.69, 9.17) is 9.97 Å². The molecular formula is C24H23N3S3. The number of rotatable bonds is 6. The maximum absolute atomic E-state index is 5.04. The number of hydrogen-bond acceptors (Lipinski definition) is 6. The van der Waals surface area contributed by atoms with Crippen LogP contribution < -0.4 is 0 Å². The summed E-state index contributed by atoms with van der Waals surface area (Å²) in [5.74, 6) is 1.82. The molecule has 6 heteroatoms. The first-order valence-electron chi connectivity index (χ1n) is 10.1. The van der Waals surface area contributed by atoms with E-state index < -0.39 is 0 Å². The second kappa shape index (κ2) is 9.10. The van der Waals surface area contributed by atoms with E-state index in [1.807, 2.05) is 23.1 Å². The highest BCUT2D eigenvalue weighted by atomic mass is 32.2. The minimum absolute atomic E-state index is 0.883. The van der Waals surface area contributed by atoms with Crippen molar-refractivity contribution in [1.29, 1.82) is 0 Å². The van der Waals surface area contributed by atoms with Crippen LogP contribution in [0.25, 0.3) is 10.2 Å². The zero-order valence-corrected chi connectivity index (χ0v) is 19.3. The molecule has 0 unspecified atom stereocenters. The molecule has 0 amide bonds. The van der Waals surface area contributed by atoms with Crippen molar-refractivity contribution in [2.75, 3.05) is 13.6 Å². The Morgan fingerprint density at radius 1 is 0.900 bits per heavy atom. The van der Waals surface area contributed by atoms with Crippen LogP contribution in [0.4, 0.5) is 0 Å². The molecule has 0 N–H and O–H groups in total. The first-order chi connectivity index (χ1) is 14.8. The van der Waals surface area contributed by atoms with Gasteiger partial charge >= 0.3 is 0 Å². The SMILES string of the molecule is CN1CCc2c(sc3nc(SCc4ccccc4)nc(SCc4ccccc4)c23)C1. The molecule has 5 rings (SSSR count). The second-order valence-electron chi connectivity index (χ2n) is 7.53. The first-order valence-corrected chi connectivity index (χ1v) is 12.9. The Kier molecular flexibility index (Phi) is 6.09. The van der Waals surface area contributed by atoms with Crippen LogP contribution in [0.5, 0.6) is 0 Å². The largest absolute Gasteiger partial charge is 0.301 e. The van der Waals surface area contributed by atoms with Gasteiger partial charge in [0.25, 0.3) is 0 Å². The minimum Gasteiger partial charge on any atom is -0.301 e. The third-order valence-electron chi connectivity index (χ3n) is 5.27. The minimum atomic E-state index is 0.883. The van der Waals surface area contributed by atoms with Crippen LogP contribution in [0.2, 0.25) is 0 Å². The molecule has 0 saturated heterocycles. The maximum Gasteiger partial charge on any atom is 0.190 e. The predicted molar refractivity (Wildman–Crippen MR) is 129 cm³/mol. The molecule has 1 aliphatic rings. The van der Waals surface area contributed by atoms with Crippen LogP contribution >= 0.6 is 34.9 Å². The highest BCUT2D eigenvalue weighted by Crippen LogP contribution is 2.40. The fourth-order valence-corrected chi connectivity index (χ4v) is 6.98. The van der Waals surface area contributed by atoms with E-state index in [0.29, 0.717) is 0 Å². The first kappa shape index (κ1) is 20.1. The van der Waals surface area contributed by atoms with Crippen molar-refractivity contribution in [3.05, 3.63) is 82.2 Å². The third-order valence-corrected chi connectivity index (χ3v) is 8.34. The van der Waals surface area contributed by atoms with Crippen LogP contribution in [0.3, 0.4) is 0 Å². The standard InChI is InChI=1S/C24H23N3S3/c1-27-13-12-19-20(14-27)30-23-21(19)22(28-15-17-8-4-2-5-9-17)25-24(26-23)29-16-18-10-6-3-7-11-18/h2-11H,12-16H2,1H3. The van der Waals surface area contributed by atoms with Gasteiger partial charge in [0.2, 0.25) is 0 Å². The zero-order valence-electron chi connectivity index (χ0n) is 16.9. The van der Waals surface area contributed by atoms with E-state index in [-0.39, 0.29) is 0 Å². The molecule has 3 heterocycles. The van der Waals surface area contributed by atoms with Crippen LogP contribution in [0.15, 0.2) is 70.8 Å². The van der Waals surface area contributed by atoms with E-state index in [2.05, 4.69) is 72.6 Å². The Morgan fingerprint density at radius 2 is 1.57 bits per heavy atom. The average Bonchev–Trinajstić information content (AvgIpc) is 3.15. The zero-order chi connectivity index (χ0) is 20.3. The quantitative estimate of drug-likeness (QED) is 0.197. The van der Waals surface area contributed by atoms with Crippen molar-refractivity contribution in [3.8, 4) is 0 Å². The lowest BCUT2D eigenvalue weighted by molar-refractivity contribution is 0.318. The molecule has 0 fully saturated rings. The van der Waals surface area contributed by atoms with E-state index >= 15 is 0 Å². The number of thioether (sulfide) groups is 2. The molecule has 0 saturated carbocycles. The van der Waals surface area contributed by atoms with Crippen LogP contribution in [0.1, 0.15) is 21.6 Å². The average molecular weight is 450 g/mol. The van der Waals surface area contributed by atoms with Crippen molar-refractivity contribution in [3.63, 3.8) is 0 Å². The lowest BCUT2D eigenvalue weighted by Crippen LogP contribution is -2.25. The normalized spacial score (nSPS) is 14.2. The third kappa shape index (κ3) is 4.42. The summed E-state index contributed by atoms with van der Waals surface area (Å²) in [6.07, 6.45) is 1.09. The van der Waals surface area contributed by atoms with Gasteiger partial charge in [0.1, 0.15) is 9.86 Å². The number of nitrogens with zero attached hydrogens (tertiary/aromatic N) is 3. The second-order valence-corrected chi connectivity index (χ2v) is 10.5. The predicted octanol–water partition coefficient (Wildman–Crippen LogP) is 6.26. The highest BCUT2D eigenvalue weighted by molar-refractivity contribution is 7.99. The Bertz CT molecular complexity index is 1140. The Morgan fingerprint density at radius 3 is 2.27 bits per heavy atom. The van der Waals surface area contributed by atoms with Gasteiger partial charge in [0.05, 0.1) is 0 Å². The molecule has 0 spiro atoms. The molecule has 4 aromatic rings. The van der Waals surface area contributed by atoms with Gasteiger partial charge in [-0.2, -0.15) is 0 Å². The van der Waals surface area contributed by atoms with Gasteiger partial charge in [-0.05, 0) is 30.2 Å².